The minimum absolute atomic E-state index is 0.0664. The number of aromatic nitrogens is 2. The van der Waals surface area contributed by atoms with Gasteiger partial charge < -0.3 is 20.9 Å². The highest BCUT2D eigenvalue weighted by Gasteiger charge is 2.42. The molecule has 1 aromatic carbocycles. The summed E-state index contributed by atoms with van der Waals surface area (Å²) >= 11 is 0. The van der Waals surface area contributed by atoms with Crippen molar-refractivity contribution in [1.82, 2.24) is 25.5 Å². The summed E-state index contributed by atoms with van der Waals surface area (Å²) in [6, 6.07) is 2.55. The molecule has 0 radical (unpaired) electrons. The normalized spacial score (nSPS) is 25.3. The molecule has 2 fully saturated rings. The molecule has 2 aliphatic rings. The Morgan fingerprint density at radius 3 is 2.53 bits per heavy atom. The maximum absolute atomic E-state index is 13.4. The molecule has 1 aliphatic carbocycles. The second kappa shape index (κ2) is 9.84. The highest BCUT2D eigenvalue weighted by Crippen LogP contribution is 2.34. The molecule has 2 aromatic rings. The van der Waals surface area contributed by atoms with E-state index in [-0.39, 0.29) is 46.7 Å². The van der Waals surface area contributed by atoms with Gasteiger partial charge >= 0.3 is 6.18 Å². The van der Waals surface area contributed by atoms with E-state index in [4.69, 9.17) is 0 Å². The summed E-state index contributed by atoms with van der Waals surface area (Å²) in [5.74, 6) is -0.0882. The number of carbonyl (C=O) groups excluding carboxylic acids is 2. The summed E-state index contributed by atoms with van der Waals surface area (Å²) in [5, 5.41) is 9.91. The molecule has 196 valence electrons. The number of fused-ring (bicyclic) bond motifs is 1. The number of alkyl halides is 3. The summed E-state index contributed by atoms with van der Waals surface area (Å²) < 4.78 is 39.8. The highest BCUT2D eigenvalue weighted by atomic mass is 19.4. The molecule has 3 N–H and O–H groups in total. The summed E-state index contributed by atoms with van der Waals surface area (Å²) in [6.07, 6.45) is -0.429. The van der Waals surface area contributed by atoms with Crippen LogP contribution in [0.3, 0.4) is 0 Å². The van der Waals surface area contributed by atoms with Crippen molar-refractivity contribution >= 4 is 28.5 Å². The van der Waals surface area contributed by atoms with Crippen molar-refractivity contribution < 1.29 is 22.8 Å². The van der Waals surface area contributed by atoms with Crippen LogP contribution in [0.5, 0.6) is 0 Å². The highest BCUT2D eigenvalue weighted by molar-refractivity contribution is 5.93. The Kier molecular flexibility index (Phi) is 7.14. The number of benzene rings is 1. The summed E-state index contributed by atoms with van der Waals surface area (Å²) in [5.41, 5.74) is -0.507. The van der Waals surface area contributed by atoms with Crippen molar-refractivity contribution in [2.75, 3.05) is 11.9 Å². The lowest BCUT2D eigenvalue weighted by atomic mass is 9.84. The Labute approximate surface area is 208 Å². The summed E-state index contributed by atoms with van der Waals surface area (Å²) in [6.45, 7) is 8.26. The number of anilines is 1. The first kappa shape index (κ1) is 26.1. The lowest BCUT2D eigenvalue weighted by Crippen LogP contribution is -2.59. The molecule has 2 amide bonds. The molecule has 36 heavy (non-hydrogen) atoms. The Bertz CT molecular complexity index is 1130. The molecule has 11 heteroatoms. The first-order chi connectivity index (χ1) is 16.8. The van der Waals surface area contributed by atoms with Gasteiger partial charge in [0.15, 0.2) is 0 Å². The van der Waals surface area contributed by atoms with E-state index in [1.165, 1.54) is 19.3 Å². The first-order valence-electron chi connectivity index (χ1n) is 12.3. The van der Waals surface area contributed by atoms with E-state index in [2.05, 4.69) is 46.7 Å². The van der Waals surface area contributed by atoms with Gasteiger partial charge in [0.1, 0.15) is 18.2 Å². The molecular weight excluding hydrogens is 473 g/mol. The largest absolute Gasteiger partial charge is 0.416 e. The monoisotopic (exact) mass is 506 g/mol. The van der Waals surface area contributed by atoms with Crippen molar-refractivity contribution in [3.8, 4) is 0 Å². The molecule has 3 unspecified atom stereocenters. The molecule has 4 atom stereocenters. The fourth-order valence-electron chi connectivity index (χ4n) is 5.37. The number of hydrogen-bond acceptors (Lipinski definition) is 6. The van der Waals surface area contributed by atoms with Crippen molar-refractivity contribution in [2.24, 2.45) is 0 Å². The number of likely N-dealkylation sites (tertiary alicyclic amines) is 1. The Hall–Kier alpha value is -2.95. The topological polar surface area (TPSA) is 99.2 Å². The fourth-order valence-corrected chi connectivity index (χ4v) is 5.37. The second-order valence-electron chi connectivity index (χ2n) is 10.7. The van der Waals surface area contributed by atoms with Crippen LogP contribution in [-0.2, 0) is 15.8 Å². The molecule has 0 spiro atoms. The minimum atomic E-state index is -4.50. The zero-order chi connectivity index (χ0) is 26.3. The number of amides is 2. The van der Waals surface area contributed by atoms with Gasteiger partial charge in [0.25, 0.3) is 0 Å². The van der Waals surface area contributed by atoms with Gasteiger partial charge in [0, 0.05) is 30.4 Å². The van der Waals surface area contributed by atoms with Crippen molar-refractivity contribution in [2.45, 2.75) is 89.3 Å². The average molecular weight is 507 g/mol. The van der Waals surface area contributed by atoms with E-state index in [0.29, 0.717) is 24.9 Å². The Balaban J connectivity index is 1.51. The van der Waals surface area contributed by atoms with Crippen LogP contribution in [0.25, 0.3) is 10.9 Å². The number of nitrogens with one attached hydrogen (secondary N) is 3. The van der Waals surface area contributed by atoms with E-state index >= 15 is 0 Å². The Morgan fingerprint density at radius 2 is 1.86 bits per heavy atom. The van der Waals surface area contributed by atoms with Crippen LogP contribution in [0.1, 0.15) is 58.9 Å². The zero-order valence-corrected chi connectivity index (χ0v) is 20.9. The number of nitrogens with zero attached hydrogens (tertiary/aromatic N) is 3. The zero-order valence-electron chi connectivity index (χ0n) is 20.9. The van der Waals surface area contributed by atoms with E-state index in [1.807, 2.05) is 0 Å². The van der Waals surface area contributed by atoms with Gasteiger partial charge in [-0.1, -0.05) is 0 Å². The minimum Gasteiger partial charge on any atom is -0.358 e. The predicted molar refractivity (Wildman–Crippen MR) is 130 cm³/mol. The molecule has 1 aromatic heterocycles. The van der Waals surface area contributed by atoms with Crippen LogP contribution in [0.4, 0.5) is 19.0 Å². The lowest BCUT2D eigenvalue weighted by Gasteiger charge is -2.43. The van der Waals surface area contributed by atoms with Crippen LogP contribution in [0.2, 0.25) is 0 Å². The van der Waals surface area contributed by atoms with Crippen molar-refractivity contribution in [3.05, 3.63) is 30.1 Å². The lowest BCUT2D eigenvalue weighted by molar-refractivity contribution is -0.137. The summed E-state index contributed by atoms with van der Waals surface area (Å²) in [4.78, 5) is 35.4. The van der Waals surface area contributed by atoms with E-state index < -0.39 is 17.8 Å². The molecule has 1 saturated carbocycles. The summed E-state index contributed by atoms with van der Waals surface area (Å²) in [7, 11) is 0. The van der Waals surface area contributed by atoms with E-state index in [9.17, 15) is 22.8 Å². The predicted octanol–water partition coefficient (Wildman–Crippen LogP) is 3.48. The standard InChI is InChI=1S/C25H33F3N6O2/c1-14(35)31-20-12-16(33-24(2,3)4)6-8-21(20)34-10-9-19(23(34)36)32-22-17-11-15(25(26,27)28)5-7-18(17)29-13-30-22/h5,7,11,13,16,19-21,33H,6,8-10,12H2,1-4H3,(H,31,35)(H,29,30,32)/t16?,19?,20-,21?/m1/s1. The third-order valence-electron chi connectivity index (χ3n) is 6.75. The number of hydrogen-bond donors (Lipinski definition) is 3. The van der Waals surface area contributed by atoms with Crippen LogP contribution in [0.15, 0.2) is 24.5 Å². The fraction of sp³-hybridized carbons (Fsp3) is 0.600. The van der Waals surface area contributed by atoms with Crippen LogP contribution < -0.4 is 16.0 Å². The smallest absolute Gasteiger partial charge is 0.358 e. The van der Waals surface area contributed by atoms with Crippen LogP contribution in [-0.4, -0.2) is 62.9 Å². The quantitative estimate of drug-likeness (QED) is 0.575. The maximum atomic E-state index is 13.4. The molecular formula is C25H33F3N6O2. The van der Waals surface area contributed by atoms with Crippen molar-refractivity contribution in [3.63, 3.8) is 0 Å². The molecule has 4 rings (SSSR count). The van der Waals surface area contributed by atoms with Gasteiger partial charge in [-0.05, 0) is 64.7 Å². The number of carbonyl (C=O) groups is 2. The van der Waals surface area contributed by atoms with Gasteiger partial charge in [-0.3, -0.25) is 9.59 Å². The van der Waals surface area contributed by atoms with E-state index in [0.717, 1.165) is 25.0 Å². The van der Waals surface area contributed by atoms with Crippen molar-refractivity contribution in [1.29, 1.82) is 0 Å². The second-order valence-corrected chi connectivity index (χ2v) is 10.7. The Morgan fingerprint density at radius 1 is 1.11 bits per heavy atom. The van der Waals surface area contributed by atoms with E-state index in [1.54, 1.807) is 4.90 Å². The molecule has 1 aliphatic heterocycles. The van der Waals surface area contributed by atoms with Crippen LogP contribution in [0, 0.1) is 0 Å². The van der Waals surface area contributed by atoms with Gasteiger partial charge in [-0.2, -0.15) is 13.2 Å². The first-order valence-corrected chi connectivity index (χ1v) is 12.3. The molecule has 2 heterocycles. The molecule has 8 nitrogen and oxygen atoms in total. The molecule has 0 bridgehead atoms. The van der Waals surface area contributed by atoms with Gasteiger partial charge in [-0.15, -0.1) is 0 Å². The third-order valence-corrected chi connectivity index (χ3v) is 6.75. The molecule has 1 saturated heterocycles. The third kappa shape index (κ3) is 5.88. The number of halogens is 3. The SMILES string of the molecule is CC(=O)N[C@@H]1CC(NC(C)(C)C)CCC1N1CCC(Nc2ncnc3ccc(C(F)(F)F)cc23)C1=O. The van der Waals surface area contributed by atoms with Gasteiger partial charge in [0.2, 0.25) is 11.8 Å². The van der Waals surface area contributed by atoms with Gasteiger partial charge in [0.05, 0.1) is 23.2 Å². The van der Waals surface area contributed by atoms with Crippen LogP contribution >= 0.6 is 0 Å². The maximum Gasteiger partial charge on any atom is 0.416 e. The average Bonchev–Trinajstić information content (AvgIpc) is 3.11. The number of rotatable bonds is 5. The van der Waals surface area contributed by atoms with Gasteiger partial charge in [-0.25, -0.2) is 9.97 Å².